The molecule has 160 valence electrons. The van der Waals surface area contributed by atoms with Crippen molar-refractivity contribution < 1.29 is 14.0 Å². The number of carbonyl (C=O) groups excluding carboxylic acids is 2. The molecule has 0 atom stereocenters. The van der Waals surface area contributed by atoms with Crippen molar-refractivity contribution in [2.24, 2.45) is 0 Å². The first kappa shape index (κ1) is 21.1. The van der Waals surface area contributed by atoms with Crippen LogP contribution >= 0.6 is 0 Å². The number of hydrogen-bond donors (Lipinski definition) is 1. The number of amides is 1. The molecule has 7 heteroatoms. The highest BCUT2D eigenvalue weighted by Gasteiger charge is 2.19. The molecule has 0 spiro atoms. The van der Waals surface area contributed by atoms with Crippen LogP contribution in [-0.2, 0) is 11.3 Å². The fourth-order valence-corrected chi connectivity index (χ4v) is 3.46. The Balaban J connectivity index is 1.75. The molecule has 0 aliphatic heterocycles. The van der Waals surface area contributed by atoms with Gasteiger partial charge in [0.15, 0.2) is 5.78 Å². The summed E-state index contributed by atoms with van der Waals surface area (Å²) in [7, 11) is 0. The second kappa shape index (κ2) is 8.55. The predicted octanol–water partition coefficient (Wildman–Crippen LogP) is 4.02. The van der Waals surface area contributed by atoms with Crippen LogP contribution < -0.4 is 10.7 Å². The quantitative estimate of drug-likeness (QED) is 0.486. The van der Waals surface area contributed by atoms with Crippen molar-refractivity contribution in [1.29, 1.82) is 0 Å². The largest absolute Gasteiger partial charge is 0.325 e. The number of benzene rings is 2. The molecule has 1 amide bonds. The van der Waals surface area contributed by atoms with E-state index in [2.05, 4.69) is 10.3 Å². The zero-order valence-electron chi connectivity index (χ0n) is 17.6. The Labute approximate surface area is 183 Å². The summed E-state index contributed by atoms with van der Waals surface area (Å²) >= 11 is 0. The molecule has 2 aromatic carbocycles. The molecule has 0 radical (unpaired) electrons. The smallest absolute Gasteiger partial charge is 0.244 e. The normalized spacial score (nSPS) is 10.8. The Kier molecular flexibility index (Phi) is 5.64. The maximum absolute atomic E-state index is 13.5. The lowest BCUT2D eigenvalue weighted by atomic mass is 10.0. The van der Waals surface area contributed by atoms with Crippen LogP contribution in [0.5, 0.6) is 0 Å². The first-order valence-electron chi connectivity index (χ1n) is 10.00. The lowest BCUT2D eigenvalue weighted by Gasteiger charge is -2.13. The van der Waals surface area contributed by atoms with Crippen molar-refractivity contribution in [3.8, 4) is 0 Å². The molecular formula is C25H20FN3O3. The second-order valence-electron chi connectivity index (χ2n) is 7.53. The number of carbonyl (C=O) groups is 2. The first-order chi connectivity index (χ1) is 15.3. The number of hydrogen-bond acceptors (Lipinski definition) is 4. The van der Waals surface area contributed by atoms with Crippen LogP contribution in [0.25, 0.3) is 11.0 Å². The van der Waals surface area contributed by atoms with Crippen molar-refractivity contribution >= 4 is 28.4 Å². The standard InChI is InChI=1S/C25H20FN3O3/c1-15-12-18(9-11-21(15)26)28-22(30)14-29-13-20(23(31)17-6-4-3-5-7-17)24(32)19-10-8-16(2)27-25(19)29/h3-13H,14H2,1-2H3,(H,28,30). The number of rotatable bonds is 5. The Morgan fingerprint density at radius 3 is 2.50 bits per heavy atom. The van der Waals surface area contributed by atoms with E-state index in [9.17, 15) is 18.8 Å². The highest BCUT2D eigenvalue weighted by Crippen LogP contribution is 2.16. The number of ketones is 1. The van der Waals surface area contributed by atoms with Gasteiger partial charge in [0.2, 0.25) is 11.3 Å². The predicted molar refractivity (Wildman–Crippen MR) is 120 cm³/mol. The molecule has 2 aromatic heterocycles. The van der Waals surface area contributed by atoms with E-state index in [0.717, 1.165) is 0 Å². The van der Waals surface area contributed by atoms with Gasteiger partial charge in [-0.2, -0.15) is 0 Å². The number of fused-ring (bicyclic) bond motifs is 1. The van der Waals surface area contributed by atoms with Gasteiger partial charge in [-0.3, -0.25) is 14.4 Å². The number of nitrogens with zero attached hydrogens (tertiary/aromatic N) is 2. The van der Waals surface area contributed by atoms with Crippen molar-refractivity contribution in [2.45, 2.75) is 20.4 Å². The minimum absolute atomic E-state index is 0.0419. The van der Waals surface area contributed by atoms with Gasteiger partial charge in [-0.05, 0) is 49.7 Å². The molecule has 0 aliphatic carbocycles. The van der Waals surface area contributed by atoms with Gasteiger partial charge in [0.25, 0.3) is 0 Å². The minimum Gasteiger partial charge on any atom is -0.325 e. The molecule has 0 saturated heterocycles. The van der Waals surface area contributed by atoms with Crippen LogP contribution in [0.2, 0.25) is 0 Å². The number of aromatic nitrogens is 2. The molecule has 6 nitrogen and oxygen atoms in total. The molecule has 0 aliphatic rings. The van der Waals surface area contributed by atoms with Crippen molar-refractivity contribution in [1.82, 2.24) is 9.55 Å². The molecule has 2 heterocycles. The Morgan fingerprint density at radius 1 is 1.03 bits per heavy atom. The van der Waals surface area contributed by atoms with E-state index < -0.39 is 17.1 Å². The van der Waals surface area contributed by atoms with Crippen molar-refractivity contribution in [3.05, 3.63) is 105 Å². The van der Waals surface area contributed by atoms with E-state index in [-0.39, 0.29) is 23.3 Å². The van der Waals surface area contributed by atoms with E-state index in [1.165, 1.54) is 29.0 Å². The fraction of sp³-hybridized carbons (Fsp3) is 0.120. The Morgan fingerprint density at radius 2 is 1.78 bits per heavy atom. The van der Waals surface area contributed by atoms with Crippen LogP contribution in [-0.4, -0.2) is 21.2 Å². The molecular weight excluding hydrogens is 409 g/mol. The van der Waals surface area contributed by atoms with Crippen molar-refractivity contribution in [3.63, 3.8) is 0 Å². The van der Waals surface area contributed by atoms with Crippen LogP contribution in [0.3, 0.4) is 0 Å². The summed E-state index contributed by atoms with van der Waals surface area (Å²) in [6, 6.07) is 16.1. The van der Waals surface area contributed by atoms with E-state index in [0.29, 0.717) is 28.2 Å². The van der Waals surface area contributed by atoms with Crippen LogP contribution in [0, 0.1) is 19.7 Å². The van der Waals surface area contributed by atoms with Gasteiger partial charge in [0.05, 0.1) is 10.9 Å². The minimum atomic E-state index is -0.438. The van der Waals surface area contributed by atoms with Crippen LogP contribution in [0.4, 0.5) is 10.1 Å². The van der Waals surface area contributed by atoms with Gasteiger partial charge in [-0.1, -0.05) is 30.3 Å². The summed E-state index contributed by atoms with van der Waals surface area (Å²) in [6.07, 6.45) is 1.38. The number of nitrogens with one attached hydrogen (secondary N) is 1. The molecule has 32 heavy (non-hydrogen) atoms. The molecule has 0 fully saturated rings. The number of halogens is 1. The zero-order chi connectivity index (χ0) is 22.8. The average molecular weight is 429 g/mol. The maximum Gasteiger partial charge on any atom is 0.244 e. The highest BCUT2D eigenvalue weighted by molar-refractivity contribution is 6.10. The molecule has 4 rings (SSSR count). The summed E-state index contributed by atoms with van der Waals surface area (Å²) < 4.78 is 15.0. The van der Waals surface area contributed by atoms with Gasteiger partial charge >= 0.3 is 0 Å². The molecule has 0 bridgehead atoms. The van der Waals surface area contributed by atoms with Crippen molar-refractivity contribution in [2.75, 3.05) is 5.32 Å². The van der Waals surface area contributed by atoms with E-state index in [4.69, 9.17) is 0 Å². The molecule has 0 unspecified atom stereocenters. The lowest BCUT2D eigenvalue weighted by molar-refractivity contribution is -0.116. The summed E-state index contributed by atoms with van der Waals surface area (Å²) in [4.78, 5) is 43.2. The monoisotopic (exact) mass is 429 g/mol. The molecule has 0 saturated carbocycles. The second-order valence-corrected chi connectivity index (χ2v) is 7.53. The third-order valence-corrected chi connectivity index (χ3v) is 5.10. The molecule has 4 aromatic rings. The SMILES string of the molecule is Cc1ccc2c(=O)c(C(=O)c3ccccc3)cn(CC(=O)Nc3ccc(F)c(C)c3)c2n1. The molecule has 1 N–H and O–H groups in total. The number of aryl methyl sites for hydroxylation is 2. The van der Waals surface area contributed by atoms with Gasteiger partial charge in [0.1, 0.15) is 18.0 Å². The Bertz CT molecular complexity index is 1410. The van der Waals surface area contributed by atoms with E-state index in [1.807, 2.05) is 0 Å². The fourth-order valence-electron chi connectivity index (χ4n) is 3.46. The summed E-state index contributed by atoms with van der Waals surface area (Å²) in [6.45, 7) is 3.20. The van der Waals surface area contributed by atoms with E-state index >= 15 is 0 Å². The summed E-state index contributed by atoms with van der Waals surface area (Å²) in [5, 5.41) is 2.97. The van der Waals surface area contributed by atoms with Gasteiger partial charge in [-0.25, -0.2) is 9.37 Å². The first-order valence-corrected chi connectivity index (χ1v) is 10.00. The van der Waals surface area contributed by atoms with Gasteiger partial charge < -0.3 is 9.88 Å². The van der Waals surface area contributed by atoms with Crippen LogP contribution in [0.15, 0.2) is 71.7 Å². The highest BCUT2D eigenvalue weighted by atomic mass is 19.1. The lowest BCUT2D eigenvalue weighted by Crippen LogP contribution is -2.25. The third kappa shape index (κ3) is 4.18. The zero-order valence-corrected chi connectivity index (χ0v) is 17.6. The Hall–Kier alpha value is -4.13. The average Bonchev–Trinajstić information content (AvgIpc) is 2.78. The van der Waals surface area contributed by atoms with Gasteiger partial charge in [-0.15, -0.1) is 0 Å². The maximum atomic E-state index is 13.5. The number of pyridine rings is 2. The third-order valence-electron chi connectivity index (χ3n) is 5.10. The topological polar surface area (TPSA) is 81.1 Å². The van der Waals surface area contributed by atoms with E-state index in [1.54, 1.807) is 56.3 Å². The summed E-state index contributed by atoms with van der Waals surface area (Å²) in [5.74, 6) is -1.19. The summed E-state index contributed by atoms with van der Waals surface area (Å²) in [5.41, 5.74) is 1.73. The van der Waals surface area contributed by atoms with Gasteiger partial charge in [0, 0.05) is 23.1 Å². The number of anilines is 1. The van der Waals surface area contributed by atoms with Crippen LogP contribution in [0.1, 0.15) is 27.2 Å².